The third-order valence-corrected chi connectivity index (χ3v) is 2.21. The first-order valence-electron chi connectivity index (χ1n) is 4.38. The molecule has 0 spiro atoms. The first kappa shape index (κ1) is 12.5. The van der Waals surface area contributed by atoms with Crippen molar-refractivity contribution in [1.29, 1.82) is 0 Å². The summed E-state index contributed by atoms with van der Waals surface area (Å²) in [6.07, 6.45) is 1.63. The summed E-state index contributed by atoms with van der Waals surface area (Å²) < 4.78 is 1.46. The molecule has 5 N–H and O–H groups in total. The number of rotatable bonds is 2. The van der Waals surface area contributed by atoms with Crippen molar-refractivity contribution in [3.8, 4) is 0 Å². The Hall–Kier alpha value is -1.54. The number of nitrogens with zero attached hydrogens (tertiary/aromatic N) is 3. The van der Waals surface area contributed by atoms with Gasteiger partial charge in [-0.3, -0.25) is 5.43 Å². The average Bonchev–Trinajstić information content (AvgIpc) is 2.56. The van der Waals surface area contributed by atoms with Crippen molar-refractivity contribution in [2.24, 2.45) is 16.6 Å². The quantitative estimate of drug-likeness (QED) is 0.387. The second-order valence-corrected chi connectivity index (χ2v) is 3.93. The minimum absolute atomic E-state index is 0.110. The number of hydrogen-bond donors (Lipinski definition) is 3. The van der Waals surface area contributed by atoms with E-state index in [0.29, 0.717) is 5.71 Å². The summed E-state index contributed by atoms with van der Waals surface area (Å²) in [6.45, 7) is 3.65. The van der Waals surface area contributed by atoms with Crippen molar-refractivity contribution in [2.75, 3.05) is 0 Å². The van der Waals surface area contributed by atoms with E-state index in [1.807, 2.05) is 6.92 Å². The van der Waals surface area contributed by atoms with Crippen LogP contribution >= 0.6 is 24.4 Å². The Balaban J connectivity index is 3.01. The lowest BCUT2D eigenvalue weighted by atomic mass is 10.2. The monoisotopic (exact) mass is 256 g/mol. The normalized spacial score (nSPS) is 11.2. The summed E-state index contributed by atoms with van der Waals surface area (Å²) in [5, 5.41) is 8.33. The van der Waals surface area contributed by atoms with Crippen LogP contribution in [-0.2, 0) is 0 Å². The predicted molar refractivity (Wildman–Crippen MR) is 71.3 cm³/mol. The van der Waals surface area contributed by atoms with E-state index in [9.17, 15) is 0 Å². The van der Waals surface area contributed by atoms with E-state index in [4.69, 9.17) is 23.7 Å². The molecule has 0 atom stereocenters. The van der Waals surface area contributed by atoms with E-state index in [2.05, 4.69) is 27.8 Å². The summed E-state index contributed by atoms with van der Waals surface area (Å²) >= 11 is 9.48. The van der Waals surface area contributed by atoms with Crippen molar-refractivity contribution in [2.45, 2.75) is 13.8 Å². The second-order valence-electron chi connectivity index (χ2n) is 3.07. The predicted octanol–water partition coefficient (Wildman–Crippen LogP) is -0.160. The molecule has 0 aliphatic carbocycles. The number of hydrogen-bond acceptors (Lipinski definition) is 4. The molecule has 0 radical (unpaired) electrons. The van der Waals surface area contributed by atoms with Gasteiger partial charge in [0.25, 0.3) is 0 Å². The van der Waals surface area contributed by atoms with Crippen LogP contribution in [0.25, 0.3) is 0 Å². The summed E-state index contributed by atoms with van der Waals surface area (Å²) in [5.41, 5.74) is 15.6. The van der Waals surface area contributed by atoms with Crippen LogP contribution in [0.5, 0.6) is 0 Å². The molecule has 0 amide bonds. The average molecular weight is 256 g/mol. The highest BCUT2D eigenvalue weighted by atomic mass is 32.1. The van der Waals surface area contributed by atoms with Gasteiger partial charge in [-0.15, -0.1) is 0 Å². The fourth-order valence-corrected chi connectivity index (χ4v) is 1.42. The molecule has 0 aliphatic rings. The maximum absolute atomic E-state index is 5.49. The number of aromatic nitrogens is 2. The van der Waals surface area contributed by atoms with Crippen molar-refractivity contribution in [3.63, 3.8) is 0 Å². The molecule has 86 valence electrons. The van der Waals surface area contributed by atoms with Crippen LogP contribution in [0.4, 0.5) is 0 Å². The molecular formula is C8H12N6S2. The molecule has 0 bridgehead atoms. The molecular weight excluding hydrogens is 244 g/mol. The Morgan fingerprint density at radius 3 is 2.56 bits per heavy atom. The van der Waals surface area contributed by atoms with Gasteiger partial charge in [-0.2, -0.15) is 10.2 Å². The van der Waals surface area contributed by atoms with Crippen LogP contribution < -0.4 is 16.9 Å². The third kappa shape index (κ3) is 2.74. The highest BCUT2D eigenvalue weighted by molar-refractivity contribution is 7.80. The Morgan fingerprint density at radius 2 is 2.12 bits per heavy atom. The molecule has 8 heteroatoms. The Labute approximate surface area is 104 Å². The van der Waals surface area contributed by atoms with Crippen molar-refractivity contribution < 1.29 is 0 Å². The highest BCUT2D eigenvalue weighted by Crippen LogP contribution is 2.07. The molecule has 1 heterocycles. The largest absolute Gasteiger partial charge is 0.375 e. The van der Waals surface area contributed by atoms with E-state index in [1.54, 1.807) is 13.1 Å². The minimum atomic E-state index is 0.110. The molecule has 0 saturated heterocycles. The van der Waals surface area contributed by atoms with Crippen LogP contribution in [-0.4, -0.2) is 25.7 Å². The van der Waals surface area contributed by atoms with Gasteiger partial charge in [0.2, 0.25) is 0 Å². The standard InChI is InChI=1S/C8H12N6S2/c1-4(12-13-7(9)15)6-3-11-14(5(6)2)8(10)16/h3H,1-2H3,(H2,10,16)(H3,9,13,15)/b12-4+. The summed E-state index contributed by atoms with van der Waals surface area (Å²) in [4.78, 5) is 0. The van der Waals surface area contributed by atoms with Gasteiger partial charge in [0.05, 0.1) is 17.6 Å². The van der Waals surface area contributed by atoms with Gasteiger partial charge in [0.1, 0.15) is 0 Å². The molecule has 16 heavy (non-hydrogen) atoms. The molecule has 0 saturated carbocycles. The van der Waals surface area contributed by atoms with Gasteiger partial charge < -0.3 is 11.5 Å². The van der Waals surface area contributed by atoms with Gasteiger partial charge in [-0.25, -0.2) is 4.68 Å². The van der Waals surface area contributed by atoms with E-state index >= 15 is 0 Å². The van der Waals surface area contributed by atoms with Gasteiger partial charge in [-0.1, -0.05) is 0 Å². The van der Waals surface area contributed by atoms with Crippen molar-refractivity contribution in [3.05, 3.63) is 17.5 Å². The van der Waals surface area contributed by atoms with Gasteiger partial charge >= 0.3 is 0 Å². The Morgan fingerprint density at radius 1 is 1.50 bits per heavy atom. The van der Waals surface area contributed by atoms with Crippen molar-refractivity contribution in [1.82, 2.24) is 15.2 Å². The van der Waals surface area contributed by atoms with Crippen LogP contribution in [0, 0.1) is 6.92 Å². The SMILES string of the molecule is C/C(=N\NC(N)=S)c1cnn(C(N)=S)c1C. The van der Waals surface area contributed by atoms with Crippen LogP contribution in [0.15, 0.2) is 11.3 Å². The zero-order valence-corrected chi connectivity index (χ0v) is 10.5. The van der Waals surface area contributed by atoms with Crippen molar-refractivity contribution >= 4 is 40.4 Å². The van der Waals surface area contributed by atoms with Gasteiger partial charge in [0.15, 0.2) is 10.2 Å². The topological polar surface area (TPSA) is 94.2 Å². The molecule has 0 unspecified atom stereocenters. The fourth-order valence-electron chi connectivity index (χ4n) is 1.19. The van der Waals surface area contributed by atoms with Crippen LogP contribution in [0.1, 0.15) is 18.2 Å². The summed E-state index contributed by atoms with van der Waals surface area (Å²) in [7, 11) is 0. The summed E-state index contributed by atoms with van der Waals surface area (Å²) in [6, 6.07) is 0. The van der Waals surface area contributed by atoms with E-state index in [0.717, 1.165) is 11.3 Å². The molecule has 0 aliphatic heterocycles. The fraction of sp³-hybridized carbons (Fsp3) is 0.250. The number of hydrazone groups is 1. The summed E-state index contributed by atoms with van der Waals surface area (Å²) in [5.74, 6) is 0. The number of thiocarbonyl (C=S) groups is 2. The first-order chi connectivity index (χ1) is 7.43. The maximum Gasteiger partial charge on any atom is 0.191 e. The minimum Gasteiger partial charge on any atom is -0.375 e. The van der Waals surface area contributed by atoms with E-state index in [1.165, 1.54) is 4.68 Å². The van der Waals surface area contributed by atoms with Crippen LogP contribution in [0.2, 0.25) is 0 Å². The molecule has 1 aromatic rings. The smallest absolute Gasteiger partial charge is 0.191 e. The molecule has 1 aromatic heterocycles. The van der Waals surface area contributed by atoms with Gasteiger partial charge in [0, 0.05) is 5.56 Å². The maximum atomic E-state index is 5.49. The first-order valence-corrected chi connectivity index (χ1v) is 5.19. The highest BCUT2D eigenvalue weighted by Gasteiger charge is 2.10. The van der Waals surface area contributed by atoms with Crippen LogP contribution in [0.3, 0.4) is 0 Å². The van der Waals surface area contributed by atoms with E-state index < -0.39 is 0 Å². The number of nitrogens with one attached hydrogen (secondary N) is 1. The lowest BCUT2D eigenvalue weighted by Gasteiger charge is -2.02. The third-order valence-electron chi connectivity index (χ3n) is 1.94. The molecule has 0 aromatic carbocycles. The Bertz CT molecular complexity index is 461. The molecule has 1 rings (SSSR count). The lowest BCUT2D eigenvalue weighted by Crippen LogP contribution is -2.25. The number of nitrogens with two attached hydrogens (primary N) is 2. The zero-order chi connectivity index (χ0) is 12.3. The Kier molecular flexibility index (Phi) is 3.91. The van der Waals surface area contributed by atoms with E-state index in [-0.39, 0.29) is 10.2 Å². The van der Waals surface area contributed by atoms with Gasteiger partial charge in [-0.05, 0) is 38.3 Å². The second kappa shape index (κ2) is 4.99. The molecule has 0 fully saturated rings. The lowest BCUT2D eigenvalue weighted by molar-refractivity contribution is 0.902. The zero-order valence-electron chi connectivity index (χ0n) is 8.89. The molecule has 6 nitrogen and oxygen atoms in total.